The SMILES string of the molecule is CN1c2cc(C(F)(F)F)ccc2C(C)(C)C12C=Nc1c(cc(N3CCCCC3)c3ccccc13)O2. The van der Waals surface area contributed by atoms with Gasteiger partial charge in [-0.15, -0.1) is 0 Å². The molecule has 3 heterocycles. The first-order valence-electron chi connectivity index (χ1n) is 12.1. The molecule has 4 nitrogen and oxygen atoms in total. The van der Waals surface area contributed by atoms with Gasteiger partial charge in [-0.05, 0) is 50.8 Å². The van der Waals surface area contributed by atoms with E-state index in [1.165, 1.54) is 12.5 Å². The summed E-state index contributed by atoms with van der Waals surface area (Å²) < 4.78 is 47.3. The Labute approximate surface area is 203 Å². The molecule has 0 bridgehead atoms. The number of halogens is 3. The Kier molecular flexibility index (Phi) is 4.70. The standard InChI is InChI=1S/C28H28F3N3O/c1-26(2)21-12-11-18(28(29,30)31)15-23(21)33(3)27(26)17-32-25-20-10-6-5-9-19(20)22(16-24(25)35-27)34-13-7-4-8-14-34/h5-6,9-12,15-17H,4,7-8,13-14H2,1-3H3. The molecule has 3 aromatic rings. The van der Waals surface area contributed by atoms with Crippen molar-refractivity contribution in [3.8, 4) is 5.75 Å². The van der Waals surface area contributed by atoms with Gasteiger partial charge in [0.15, 0.2) is 5.75 Å². The van der Waals surface area contributed by atoms with Crippen LogP contribution in [0.25, 0.3) is 10.8 Å². The number of anilines is 2. The van der Waals surface area contributed by atoms with Crippen LogP contribution in [0.5, 0.6) is 5.75 Å². The van der Waals surface area contributed by atoms with Gasteiger partial charge in [0.05, 0.1) is 17.2 Å². The number of rotatable bonds is 1. The summed E-state index contributed by atoms with van der Waals surface area (Å²) in [6.45, 7) is 6.00. The molecule has 182 valence electrons. The molecule has 0 amide bonds. The first kappa shape index (κ1) is 22.3. The van der Waals surface area contributed by atoms with Crippen molar-refractivity contribution in [1.82, 2.24) is 0 Å². The van der Waals surface area contributed by atoms with E-state index >= 15 is 0 Å². The van der Waals surface area contributed by atoms with Crippen LogP contribution in [0.1, 0.15) is 44.2 Å². The normalized spacial score (nSPS) is 22.9. The van der Waals surface area contributed by atoms with Crippen molar-refractivity contribution in [3.63, 3.8) is 0 Å². The summed E-state index contributed by atoms with van der Waals surface area (Å²) >= 11 is 0. The van der Waals surface area contributed by atoms with E-state index in [1.54, 1.807) is 24.2 Å². The van der Waals surface area contributed by atoms with Crippen LogP contribution in [0.2, 0.25) is 0 Å². The fourth-order valence-electron chi connectivity index (χ4n) is 6.02. The summed E-state index contributed by atoms with van der Waals surface area (Å²) in [6, 6.07) is 14.3. The minimum Gasteiger partial charge on any atom is -0.459 e. The van der Waals surface area contributed by atoms with Gasteiger partial charge in [0, 0.05) is 48.4 Å². The number of hydrogen-bond donors (Lipinski definition) is 0. The smallest absolute Gasteiger partial charge is 0.416 e. The third-order valence-electron chi connectivity index (χ3n) is 8.04. The first-order valence-corrected chi connectivity index (χ1v) is 12.1. The fourth-order valence-corrected chi connectivity index (χ4v) is 6.02. The van der Waals surface area contributed by atoms with Crippen LogP contribution < -0.4 is 14.5 Å². The van der Waals surface area contributed by atoms with Crippen molar-refractivity contribution >= 4 is 34.0 Å². The molecule has 0 saturated carbocycles. The van der Waals surface area contributed by atoms with Crippen molar-refractivity contribution in [2.75, 3.05) is 29.9 Å². The molecule has 35 heavy (non-hydrogen) atoms. The van der Waals surface area contributed by atoms with Gasteiger partial charge in [-0.3, -0.25) is 4.99 Å². The van der Waals surface area contributed by atoms with E-state index in [0.717, 1.165) is 59.7 Å². The highest BCUT2D eigenvalue weighted by molar-refractivity contribution is 6.06. The summed E-state index contributed by atoms with van der Waals surface area (Å²) in [5.74, 6) is 0.663. The summed E-state index contributed by atoms with van der Waals surface area (Å²) in [7, 11) is 1.79. The summed E-state index contributed by atoms with van der Waals surface area (Å²) in [5, 5.41) is 2.16. The number of hydrogen-bond acceptors (Lipinski definition) is 4. The second-order valence-electron chi connectivity index (χ2n) is 10.3. The number of ether oxygens (including phenoxy) is 1. The van der Waals surface area contributed by atoms with E-state index in [-0.39, 0.29) is 0 Å². The lowest BCUT2D eigenvalue weighted by molar-refractivity contribution is -0.137. The van der Waals surface area contributed by atoms with Gasteiger partial charge in [0.1, 0.15) is 5.69 Å². The van der Waals surface area contributed by atoms with Crippen molar-refractivity contribution < 1.29 is 17.9 Å². The lowest BCUT2D eigenvalue weighted by Crippen LogP contribution is -2.61. The lowest BCUT2D eigenvalue weighted by atomic mass is 9.77. The van der Waals surface area contributed by atoms with Crippen LogP contribution in [0.4, 0.5) is 30.2 Å². The number of piperidine rings is 1. The van der Waals surface area contributed by atoms with Gasteiger partial charge < -0.3 is 14.5 Å². The molecule has 1 spiro atoms. The second kappa shape index (κ2) is 7.39. The van der Waals surface area contributed by atoms with E-state index in [0.29, 0.717) is 11.4 Å². The van der Waals surface area contributed by atoms with Gasteiger partial charge in [-0.1, -0.05) is 30.3 Å². The molecular formula is C28H28F3N3O. The Morgan fingerprint density at radius 1 is 0.914 bits per heavy atom. The number of likely N-dealkylation sites (N-methyl/N-ethyl adjacent to an activating group) is 1. The molecule has 0 N–H and O–H groups in total. The third kappa shape index (κ3) is 3.09. The number of aliphatic imine (C=N–C) groups is 1. The topological polar surface area (TPSA) is 28.1 Å². The molecule has 1 atom stereocenters. The zero-order chi connectivity index (χ0) is 24.6. The number of fused-ring (bicyclic) bond motifs is 4. The minimum absolute atomic E-state index is 0.511. The largest absolute Gasteiger partial charge is 0.459 e. The third-order valence-corrected chi connectivity index (χ3v) is 8.04. The quantitative estimate of drug-likeness (QED) is 0.374. The molecule has 3 aliphatic rings. The Morgan fingerprint density at radius 3 is 2.34 bits per heavy atom. The van der Waals surface area contributed by atoms with E-state index in [2.05, 4.69) is 23.1 Å². The highest BCUT2D eigenvalue weighted by Gasteiger charge is 2.59. The Hall–Kier alpha value is -3.22. The van der Waals surface area contributed by atoms with Gasteiger partial charge in [0.25, 0.3) is 0 Å². The van der Waals surface area contributed by atoms with Gasteiger partial charge in [-0.25, -0.2) is 0 Å². The maximum Gasteiger partial charge on any atom is 0.416 e. The monoisotopic (exact) mass is 479 g/mol. The van der Waals surface area contributed by atoms with Crippen LogP contribution in [0, 0.1) is 0 Å². The Balaban J connectivity index is 1.50. The fraction of sp³-hybridized carbons (Fsp3) is 0.393. The van der Waals surface area contributed by atoms with E-state index in [1.807, 2.05) is 26.0 Å². The molecular weight excluding hydrogens is 451 g/mol. The van der Waals surface area contributed by atoms with Gasteiger partial charge in [0.2, 0.25) is 5.72 Å². The number of alkyl halides is 3. The molecule has 1 fully saturated rings. The molecule has 7 heteroatoms. The van der Waals surface area contributed by atoms with E-state index < -0.39 is 22.9 Å². The average Bonchev–Trinajstić information content (AvgIpc) is 3.01. The van der Waals surface area contributed by atoms with E-state index in [4.69, 9.17) is 9.73 Å². The summed E-state index contributed by atoms with van der Waals surface area (Å²) in [6.07, 6.45) is 0.907. The highest BCUT2D eigenvalue weighted by atomic mass is 19.4. The minimum atomic E-state index is -4.41. The first-order chi connectivity index (χ1) is 16.6. The molecule has 0 radical (unpaired) electrons. The predicted molar refractivity (Wildman–Crippen MR) is 134 cm³/mol. The van der Waals surface area contributed by atoms with Crippen LogP contribution >= 0.6 is 0 Å². The summed E-state index contributed by atoms with van der Waals surface area (Å²) in [5.41, 5.74) is 0.858. The van der Waals surface area contributed by atoms with Crippen LogP contribution in [-0.2, 0) is 11.6 Å². The Bertz CT molecular complexity index is 1360. The van der Waals surface area contributed by atoms with Crippen LogP contribution in [0.15, 0.2) is 53.5 Å². The van der Waals surface area contributed by atoms with Crippen LogP contribution in [0.3, 0.4) is 0 Å². The van der Waals surface area contributed by atoms with Crippen molar-refractivity contribution in [2.45, 2.75) is 50.4 Å². The molecule has 6 rings (SSSR count). The van der Waals surface area contributed by atoms with E-state index in [9.17, 15) is 13.2 Å². The predicted octanol–water partition coefficient (Wildman–Crippen LogP) is 7.07. The molecule has 0 aromatic heterocycles. The molecule has 3 aliphatic heterocycles. The van der Waals surface area contributed by atoms with Crippen LogP contribution in [-0.4, -0.2) is 32.1 Å². The lowest BCUT2D eigenvalue weighted by Gasteiger charge is -2.45. The molecule has 3 aromatic carbocycles. The zero-order valence-corrected chi connectivity index (χ0v) is 20.1. The maximum absolute atomic E-state index is 13.5. The highest BCUT2D eigenvalue weighted by Crippen LogP contribution is 2.56. The van der Waals surface area contributed by atoms with Crippen molar-refractivity contribution in [2.24, 2.45) is 4.99 Å². The van der Waals surface area contributed by atoms with Crippen molar-refractivity contribution in [1.29, 1.82) is 0 Å². The second-order valence-corrected chi connectivity index (χ2v) is 10.3. The number of benzene rings is 3. The van der Waals surface area contributed by atoms with Crippen molar-refractivity contribution in [3.05, 3.63) is 59.7 Å². The summed E-state index contributed by atoms with van der Waals surface area (Å²) in [4.78, 5) is 9.13. The maximum atomic E-state index is 13.5. The molecule has 0 aliphatic carbocycles. The Morgan fingerprint density at radius 2 is 1.63 bits per heavy atom. The van der Waals surface area contributed by atoms with Gasteiger partial charge >= 0.3 is 6.18 Å². The van der Waals surface area contributed by atoms with Gasteiger partial charge in [-0.2, -0.15) is 13.2 Å². The number of nitrogens with zero attached hydrogens (tertiary/aromatic N) is 3. The average molecular weight is 480 g/mol. The zero-order valence-electron chi connectivity index (χ0n) is 20.1. The molecule has 1 saturated heterocycles. The molecule has 1 unspecified atom stereocenters.